The van der Waals surface area contributed by atoms with Crippen molar-refractivity contribution >= 4 is 16.7 Å². The number of anilines is 1. The Morgan fingerprint density at radius 3 is 2.89 bits per heavy atom. The summed E-state index contributed by atoms with van der Waals surface area (Å²) in [6.45, 7) is 0. The minimum atomic E-state index is -0.118. The van der Waals surface area contributed by atoms with Crippen molar-refractivity contribution in [1.82, 2.24) is 14.5 Å². The van der Waals surface area contributed by atoms with Crippen LogP contribution in [0, 0.1) is 0 Å². The van der Waals surface area contributed by atoms with Crippen molar-refractivity contribution in [2.45, 2.75) is 0 Å². The van der Waals surface area contributed by atoms with Gasteiger partial charge in [0.2, 0.25) is 0 Å². The Labute approximate surface area is 110 Å². The van der Waals surface area contributed by atoms with Gasteiger partial charge in [0.1, 0.15) is 0 Å². The summed E-state index contributed by atoms with van der Waals surface area (Å²) in [6, 6.07) is 9.86. The van der Waals surface area contributed by atoms with Crippen molar-refractivity contribution in [2.24, 2.45) is 0 Å². The second kappa shape index (κ2) is 4.28. The quantitative estimate of drug-likeness (QED) is 0.758. The molecule has 0 aliphatic rings. The van der Waals surface area contributed by atoms with Gasteiger partial charge in [0.05, 0.1) is 11.7 Å². The summed E-state index contributed by atoms with van der Waals surface area (Å²) in [5.74, 6) is 0. The predicted molar refractivity (Wildman–Crippen MR) is 76.0 cm³/mol. The molecular formula is C14H14N4O. The van der Waals surface area contributed by atoms with Gasteiger partial charge in [-0.05, 0) is 24.3 Å². The summed E-state index contributed by atoms with van der Waals surface area (Å²) < 4.78 is 1.91. The van der Waals surface area contributed by atoms with Crippen molar-refractivity contribution in [1.29, 1.82) is 0 Å². The highest BCUT2D eigenvalue weighted by Crippen LogP contribution is 2.20. The topological polar surface area (TPSA) is 53.9 Å². The molecule has 0 atom stereocenters. The Hall–Kier alpha value is -2.56. The first-order valence-electron chi connectivity index (χ1n) is 5.99. The number of aromatic amines is 1. The molecule has 5 nitrogen and oxygen atoms in total. The third-order valence-corrected chi connectivity index (χ3v) is 3.11. The van der Waals surface area contributed by atoms with Crippen LogP contribution in [0.3, 0.4) is 0 Å². The highest BCUT2D eigenvalue weighted by atomic mass is 16.1. The molecule has 0 saturated heterocycles. The van der Waals surface area contributed by atoms with Crippen LogP contribution in [-0.2, 0) is 0 Å². The van der Waals surface area contributed by atoms with E-state index in [1.165, 1.54) is 6.33 Å². The lowest BCUT2D eigenvalue weighted by molar-refractivity contribution is 1.06. The predicted octanol–water partition coefficient (Wildman–Crippen LogP) is 1.78. The van der Waals surface area contributed by atoms with E-state index in [1.807, 2.05) is 48.0 Å². The molecule has 1 aromatic carbocycles. The lowest BCUT2D eigenvalue weighted by Crippen LogP contribution is -2.09. The SMILES string of the molecule is CN(C)c1cccc(-n2ccc3c(=O)[nH]cnc32)c1. The summed E-state index contributed by atoms with van der Waals surface area (Å²) in [5.41, 5.74) is 2.63. The van der Waals surface area contributed by atoms with Crippen molar-refractivity contribution in [3.05, 3.63) is 53.2 Å². The fraction of sp³-hybridized carbons (Fsp3) is 0.143. The lowest BCUT2D eigenvalue weighted by atomic mass is 10.2. The van der Waals surface area contributed by atoms with Gasteiger partial charge in [-0.2, -0.15) is 0 Å². The maximum absolute atomic E-state index is 11.7. The number of rotatable bonds is 2. The van der Waals surface area contributed by atoms with Gasteiger partial charge >= 0.3 is 0 Å². The fourth-order valence-corrected chi connectivity index (χ4v) is 2.09. The van der Waals surface area contributed by atoms with Gasteiger partial charge in [-0.3, -0.25) is 4.79 Å². The zero-order valence-corrected chi connectivity index (χ0v) is 10.8. The summed E-state index contributed by atoms with van der Waals surface area (Å²) in [6.07, 6.45) is 3.29. The minimum absolute atomic E-state index is 0.118. The molecule has 2 heterocycles. The van der Waals surface area contributed by atoms with Crippen LogP contribution in [0.25, 0.3) is 16.7 Å². The van der Waals surface area contributed by atoms with E-state index in [9.17, 15) is 4.79 Å². The normalized spacial score (nSPS) is 10.8. The summed E-state index contributed by atoms with van der Waals surface area (Å²) >= 11 is 0. The Balaban J connectivity index is 2.22. The average Bonchev–Trinajstić information content (AvgIpc) is 2.84. The first-order chi connectivity index (χ1) is 9.16. The molecular weight excluding hydrogens is 240 g/mol. The van der Waals surface area contributed by atoms with Gasteiger partial charge in [-0.1, -0.05) is 6.07 Å². The molecule has 96 valence electrons. The average molecular weight is 254 g/mol. The maximum atomic E-state index is 11.7. The molecule has 0 fully saturated rings. The van der Waals surface area contributed by atoms with E-state index >= 15 is 0 Å². The molecule has 19 heavy (non-hydrogen) atoms. The van der Waals surface area contributed by atoms with Crippen LogP contribution < -0.4 is 10.5 Å². The van der Waals surface area contributed by atoms with Crippen LogP contribution in [0.1, 0.15) is 0 Å². The number of hydrogen-bond donors (Lipinski definition) is 1. The van der Waals surface area contributed by atoms with Crippen LogP contribution in [0.15, 0.2) is 47.7 Å². The molecule has 0 aliphatic carbocycles. The largest absolute Gasteiger partial charge is 0.378 e. The minimum Gasteiger partial charge on any atom is -0.378 e. The third kappa shape index (κ3) is 1.89. The van der Waals surface area contributed by atoms with Gasteiger partial charge in [0, 0.05) is 31.7 Å². The van der Waals surface area contributed by atoms with Crippen LogP contribution in [0.5, 0.6) is 0 Å². The second-order valence-electron chi connectivity index (χ2n) is 4.57. The number of nitrogens with one attached hydrogen (secondary N) is 1. The van der Waals surface area contributed by atoms with Gasteiger partial charge in [0.15, 0.2) is 5.65 Å². The second-order valence-corrected chi connectivity index (χ2v) is 4.57. The lowest BCUT2D eigenvalue weighted by Gasteiger charge is -2.14. The van der Waals surface area contributed by atoms with E-state index in [2.05, 4.69) is 16.0 Å². The van der Waals surface area contributed by atoms with E-state index in [0.717, 1.165) is 11.4 Å². The van der Waals surface area contributed by atoms with Crippen molar-refractivity contribution < 1.29 is 0 Å². The van der Waals surface area contributed by atoms with Gasteiger partial charge in [0.25, 0.3) is 5.56 Å². The Morgan fingerprint density at radius 1 is 1.26 bits per heavy atom. The number of fused-ring (bicyclic) bond motifs is 1. The smallest absolute Gasteiger partial charge is 0.260 e. The Kier molecular flexibility index (Phi) is 2.59. The number of benzene rings is 1. The summed E-state index contributed by atoms with van der Waals surface area (Å²) in [4.78, 5) is 20.5. The molecule has 0 amide bonds. The molecule has 0 radical (unpaired) electrons. The van der Waals surface area contributed by atoms with Crippen LogP contribution in [0.2, 0.25) is 0 Å². The van der Waals surface area contributed by atoms with E-state index in [1.54, 1.807) is 6.07 Å². The van der Waals surface area contributed by atoms with E-state index < -0.39 is 0 Å². The molecule has 5 heteroatoms. The number of hydrogen-bond acceptors (Lipinski definition) is 3. The molecule has 1 N–H and O–H groups in total. The van der Waals surface area contributed by atoms with E-state index in [0.29, 0.717) is 11.0 Å². The number of nitrogens with zero attached hydrogens (tertiary/aromatic N) is 3. The fourth-order valence-electron chi connectivity index (χ4n) is 2.09. The van der Waals surface area contributed by atoms with E-state index in [4.69, 9.17) is 0 Å². The maximum Gasteiger partial charge on any atom is 0.260 e. The van der Waals surface area contributed by atoms with Crippen molar-refractivity contribution in [3.63, 3.8) is 0 Å². The Bertz CT molecular complexity index is 785. The Morgan fingerprint density at radius 2 is 2.11 bits per heavy atom. The zero-order chi connectivity index (χ0) is 13.4. The first kappa shape index (κ1) is 11.5. The number of H-pyrrole nitrogens is 1. The molecule has 0 unspecified atom stereocenters. The molecule has 2 aromatic heterocycles. The zero-order valence-electron chi connectivity index (χ0n) is 10.8. The third-order valence-electron chi connectivity index (χ3n) is 3.11. The van der Waals surface area contributed by atoms with Crippen LogP contribution >= 0.6 is 0 Å². The molecule has 0 aliphatic heterocycles. The van der Waals surface area contributed by atoms with Gasteiger partial charge in [-0.25, -0.2) is 4.98 Å². The monoisotopic (exact) mass is 254 g/mol. The van der Waals surface area contributed by atoms with Crippen molar-refractivity contribution in [2.75, 3.05) is 19.0 Å². The summed E-state index contributed by atoms with van der Waals surface area (Å²) in [7, 11) is 3.99. The van der Waals surface area contributed by atoms with Gasteiger partial charge in [-0.15, -0.1) is 0 Å². The van der Waals surface area contributed by atoms with Crippen molar-refractivity contribution in [3.8, 4) is 5.69 Å². The summed E-state index contributed by atoms with van der Waals surface area (Å²) in [5, 5.41) is 0.595. The van der Waals surface area contributed by atoms with E-state index in [-0.39, 0.29) is 5.56 Å². The number of aromatic nitrogens is 3. The standard InChI is InChI=1S/C14H14N4O/c1-17(2)10-4-3-5-11(8-10)18-7-6-12-13(18)15-9-16-14(12)19/h3-9H,1-2H3,(H,15,16,19). The molecule has 0 bridgehead atoms. The molecule has 0 saturated carbocycles. The highest BCUT2D eigenvalue weighted by molar-refractivity contribution is 5.77. The van der Waals surface area contributed by atoms with Crippen LogP contribution in [-0.4, -0.2) is 28.6 Å². The molecule has 3 aromatic rings. The highest BCUT2D eigenvalue weighted by Gasteiger charge is 2.07. The van der Waals surface area contributed by atoms with Gasteiger partial charge < -0.3 is 14.5 Å². The van der Waals surface area contributed by atoms with Crippen LogP contribution in [0.4, 0.5) is 5.69 Å². The first-order valence-corrected chi connectivity index (χ1v) is 5.99. The molecule has 3 rings (SSSR count). The molecule has 0 spiro atoms.